The second-order valence-electron chi connectivity index (χ2n) is 6.83. The highest BCUT2D eigenvalue weighted by Crippen LogP contribution is 2.24. The van der Waals surface area contributed by atoms with Gasteiger partial charge in [0.25, 0.3) is 11.1 Å². The molecule has 1 amide bonds. The molecule has 28 heavy (non-hydrogen) atoms. The van der Waals surface area contributed by atoms with Crippen molar-refractivity contribution in [3.05, 3.63) is 71.0 Å². The minimum Gasteiger partial charge on any atom is -0.430 e. The predicted octanol–water partition coefficient (Wildman–Crippen LogP) is 3.52. The Labute approximate surface area is 169 Å². The molecule has 146 valence electrons. The Bertz CT molecular complexity index is 922. The van der Waals surface area contributed by atoms with Crippen LogP contribution in [0.1, 0.15) is 27.3 Å². The van der Waals surface area contributed by atoms with Gasteiger partial charge in [0.05, 0.1) is 0 Å². The molecule has 0 unspecified atom stereocenters. The van der Waals surface area contributed by atoms with E-state index in [9.17, 15) is 4.79 Å². The lowest BCUT2D eigenvalue weighted by Crippen LogP contribution is -2.31. The molecule has 1 N–H and O–H groups in total. The van der Waals surface area contributed by atoms with Crippen LogP contribution in [0.25, 0.3) is 0 Å². The van der Waals surface area contributed by atoms with Crippen molar-refractivity contribution in [2.45, 2.75) is 13.3 Å². The fraction of sp³-hybridized carbons (Fsp3) is 0.286. The normalized spacial score (nSPS) is 10.9. The summed E-state index contributed by atoms with van der Waals surface area (Å²) in [6.45, 7) is 3.44. The zero-order valence-corrected chi connectivity index (χ0v) is 17.1. The molecule has 3 aromatic rings. The summed E-state index contributed by atoms with van der Waals surface area (Å²) >= 11 is 1.21. The van der Waals surface area contributed by atoms with E-state index >= 15 is 0 Å². The minimum atomic E-state index is -0.121. The summed E-state index contributed by atoms with van der Waals surface area (Å²) in [6.07, 6.45) is 0.661. The lowest BCUT2D eigenvalue weighted by Gasteiger charge is -2.10. The number of benzene rings is 2. The molecule has 0 saturated heterocycles. The van der Waals surface area contributed by atoms with Crippen molar-refractivity contribution < 1.29 is 9.53 Å². The number of carbonyl (C=O) groups excluding carboxylic acids is 1. The first-order valence-electron chi connectivity index (χ1n) is 9.08. The average Bonchev–Trinajstić information content (AvgIpc) is 3.10. The van der Waals surface area contributed by atoms with Crippen LogP contribution in [0.4, 0.5) is 0 Å². The number of nitrogens with zero attached hydrogens (tertiary/aromatic N) is 3. The van der Waals surface area contributed by atoms with E-state index in [0.717, 1.165) is 17.9 Å². The fourth-order valence-corrected chi connectivity index (χ4v) is 3.10. The lowest BCUT2D eigenvalue weighted by atomic mass is 10.1. The third-order valence-electron chi connectivity index (χ3n) is 4.08. The maximum absolute atomic E-state index is 12.3. The van der Waals surface area contributed by atoms with Crippen LogP contribution in [0, 0.1) is 6.92 Å². The highest BCUT2D eigenvalue weighted by Gasteiger charge is 2.10. The second kappa shape index (κ2) is 9.43. The summed E-state index contributed by atoms with van der Waals surface area (Å²) in [5, 5.41) is 3.36. The van der Waals surface area contributed by atoms with E-state index in [-0.39, 0.29) is 5.91 Å². The molecule has 0 bridgehead atoms. The van der Waals surface area contributed by atoms with E-state index in [0.29, 0.717) is 29.5 Å². The number of ether oxygens (including phenoxy) is 1. The SMILES string of the molecule is Cc1ccc(Cc2nsc(Oc3cccc(C(=O)NCCN(C)C)c3)n2)cc1. The van der Waals surface area contributed by atoms with E-state index in [1.165, 1.54) is 17.1 Å². The molecule has 0 spiro atoms. The Morgan fingerprint density at radius 3 is 2.71 bits per heavy atom. The number of carbonyl (C=O) groups is 1. The number of rotatable bonds is 8. The first-order valence-corrected chi connectivity index (χ1v) is 9.86. The van der Waals surface area contributed by atoms with Gasteiger partial charge in [-0.3, -0.25) is 4.79 Å². The summed E-state index contributed by atoms with van der Waals surface area (Å²) < 4.78 is 10.2. The lowest BCUT2D eigenvalue weighted by molar-refractivity contribution is 0.0950. The molecule has 0 radical (unpaired) electrons. The van der Waals surface area contributed by atoms with Crippen LogP contribution in [0.3, 0.4) is 0 Å². The fourth-order valence-electron chi connectivity index (χ4n) is 2.54. The highest BCUT2D eigenvalue weighted by atomic mass is 32.1. The third-order valence-corrected chi connectivity index (χ3v) is 4.71. The van der Waals surface area contributed by atoms with Gasteiger partial charge in [-0.05, 0) is 44.8 Å². The topological polar surface area (TPSA) is 67.3 Å². The van der Waals surface area contributed by atoms with E-state index in [1.54, 1.807) is 24.3 Å². The molecule has 7 heteroatoms. The van der Waals surface area contributed by atoms with Crippen LogP contribution < -0.4 is 10.1 Å². The number of aromatic nitrogens is 2. The number of likely N-dealkylation sites (N-methyl/N-ethyl adjacent to an activating group) is 1. The Balaban J connectivity index is 1.60. The third kappa shape index (κ3) is 5.87. The van der Waals surface area contributed by atoms with Crippen LogP contribution >= 0.6 is 11.5 Å². The number of hydrogen-bond donors (Lipinski definition) is 1. The van der Waals surface area contributed by atoms with Gasteiger partial charge in [-0.25, -0.2) is 0 Å². The minimum absolute atomic E-state index is 0.121. The van der Waals surface area contributed by atoms with Gasteiger partial charge in [-0.1, -0.05) is 35.9 Å². The Hall–Kier alpha value is -2.77. The number of amides is 1. The molecule has 0 aliphatic heterocycles. The molecule has 0 saturated carbocycles. The highest BCUT2D eigenvalue weighted by molar-refractivity contribution is 7.07. The van der Waals surface area contributed by atoms with E-state index in [1.807, 2.05) is 19.0 Å². The molecular formula is C21H24N4O2S. The summed E-state index contributed by atoms with van der Waals surface area (Å²) in [5.74, 6) is 1.17. The van der Waals surface area contributed by atoms with Gasteiger partial charge >= 0.3 is 0 Å². The van der Waals surface area contributed by atoms with E-state index in [4.69, 9.17) is 4.74 Å². The smallest absolute Gasteiger partial charge is 0.298 e. The Kier molecular flexibility index (Phi) is 6.73. The second-order valence-corrected chi connectivity index (χ2v) is 7.54. The number of aryl methyl sites for hydroxylation is 1. The largest absolute Gasteiger partial charge is 0.430 e. The molecule has 2 aromatic carbocycles. The van der Waals surface area contributed by atoms with Crippen molar-refractivity contribution in [2.75, 3.05) is 27.2 Å². The van der Waals surface area contributed by atoms with Gasteiger partial charge in [0.15, 0.2) is 5.82 Å². The quantitative estimate of drug-likeness (QED) is 0.631. The van der Waals surface area contributed by atoms with E-state index < -0.39 is 0 Å². The number of hydrogen-bond acceptors (Lipinski definition) is 6. The van der Waals surface area contributed by atoms with Gasteiger partial charge < -0.3 is 15.0 Å². The maximum atomic E-state index is 12.3. The van der Waals surface area contributed by atoms with Crippen molar-refractivity contribution in [2.24, 2.45) is 0 Å². The predicted molar refractivity (Wildman–Crippen MR) is 111 cm³/mol. The number of nitrogens with one attached hydrogen (secondary N) is 1. The average molecular weight is 397 g/mol. The molecule has 6 nitrogen and oxygen atoms in total. The van der Waals surface area contributed by atoms with Crippen molar-refractivity contribution in [3.63, 3.8) is 0 Å². The van der Waals surface area contributed by atoms with Crippen LogP contribution in [-0.2, 0) is 6.42 Å². The van der Waals surface area contributed by atoms with Crippen LogP contribution in [0.2, 0.25) is 0 Å². The van der Waals surface area contributed by atoms with Gasteiger partial charge in [-0.2, -0.15) is 9.36 Å². The van der Waals surface area contributed by atoms with Crippen molar-refractivity contribution in [1.29, 1.82) is 0 Å². The summed E-state index contributed by atoms with van der Waals surface area (Å²) in [5.41, 5.74) is 2.94. The molecule has 0 fully saturated rings. The van der Waals surface area contributed by atoms with Crippen LogP contribution in [0.5, 0.6) is 10.9 Å². The summed E-state index contributed by atoms with van der Waals surface area (Å²) in [4.78, 5) is 18.7. The zero-order chi connectivity index (χ0) is 19.9. The van der Waals surface area contributed by atoms with Gasteiger partial charge in [-0.15, -0.1) is 0 Å². The van der Waals surface area contributed by atoms with Gasteiger partial charge in [0, 0.05) is 36.6 Å². The zero-order valence-electron chi connectivity index (χ0n) is 16.3. The van der Waals surface area contributed by atoms with Crippen molar-refractivity contribution >= 4 is 17.4 Å². The van der Waals surface area contributed by atoms with Gasteiger partial charge in [0.1, 0.15) is 5.75 Å². The molecule has 3 rings (SSSR count). The van der Waals surface area contributed by atoms with E-state index in [2.05, 4.69) is 45.9 Å². The first-order chi connectivity index (χ1) is 13.5. The van der Waals surface area contributed by atoms with Crippen LogP contribution in [0.15, 0.2) is 48.5 Å². The molecule has 1 aromatic heterocycles. The standard InChI is InChI=1S/C21H24N4O2S/c1-15-7-9-16(10-8-15)13-19-23-21(28-24-19)27-18-6-4-5-17(14-18)20(26)22-11-12-25(2)3/h4-10,14H,11-13H2,1-3H3,(H,22,26). The Morgan fingerprint density at radius 2 is 1.96 bits per heavy atom. The molecule has 0 aliphatic carbocycles. The molecular weight excluding hydrogens is 372 g/mol. The van der Waals surface area contributed by atoms with Crippen molar-refractivity contribution in [1.82, 2.24) is 19.6 Å². The van der Waals surface area contributed by atoms with Crippen molar-refractivity contribution in [3.8, 4) is 10.9 Å². The summed E-state index contributed by atoms with van der Waals surface area (Å²) in [7, 11) is 3.94. The summed E-state index contributed by atoms with van der Waals surface area (Å²) in [6, 6.07) is 15.4. The first kappa shape index (κ1) is 20.0. The monoisotopic (exact) mass is 396 g/mol. The molecule has 0 atom stereocenters. The molecule has 1 heterocycles. The molecule has 0 aliphatic rings. The van der Waals surface area contributed by atoms with Crippen LogP contribution in [-0.4, -0.2) is 47.3 Å². The Morgan fingerprint density at radius 1 is 1.18 bits per heavy atom. The maximum Gasteiger partial charge on any atom is 0.298 e. The van der Waals surface area contributed by atoms with Gasteiger partial charge in [0.2, 0.25) is 0 Å².